The second kappa shape index (κ2) is 6.12. The van der Waals surface area contributed by atoms with E-state index in [0.717, 1.165) is 9.75 Å². The largest absolute Gasteiger partial charge is 0.478 e. The van der Waals surface area contributed by atoms with E-state index in [4.69, 9.17) is 5.11 Å². The van der Waals surface area contributed by atoms with Crippen molar-refractivity contribution in [1.29, 1.82) is 0 Å². The third-order valence-electron chi connectivity index (χ3n) is 1.27. The fourth-order valence-corrected chi connectivity index (χ4v) is 1.76. The number of carboxylic acid groups (broad SMARTS) is 1. The topological polar surface area (TPSA) is 54.4 Å². The summed E-state index contributed by atoms with van der Waals surface area (Å²) in [7, 11) is 0. The molecule has 0 aliphatic heterocycles. The molecule has 0 unspecified atom stereocenters. The average Bonchev–Trinajstić information content (AvgIpc) is 2.25. The van der Waals surface area contributed by atoms with E-state index < -0.39 is 11.2 Å². The van der Waals surface area contributed by atoms with Gasteiger partial charge in [0.05, 0.1) is 5.56 Å². The lowest BCUT2D eigenvalue weighted by Crippen LogP contribution is -1.94. The number of aromatic carboxylic acids is 1. The third-order valence-corrected chi connectivity index (χ3v) is 2.24. The van der Waals surface area contributed by atoms with Crippen LogP contribution in [0.5, 0.6) is 0 Å². The van der Waals surface area contributed by atoms with Crippen molar-refractivity contribution in [2.45, 2.75) is 13.8 Å². The van der Waals surface area contributed by atoms with Gasteiger partial charge in [-0.15, -0.1) is 11.3 Å². The fourth-order valence-electron chi connectivity index (χ4n) is 0.843. The number of rotatable bonds is 1. The van der Waals surface area contributed by atoms with Gasteiger partial charge in [0.15, 0.2) is 0 Å². The van der Waals surface area contributed by atoms with Crippen LogP contribution in [0.1, 0.15) is 20.1 Å². The zero-order valence-corrected chi connectivity index (χ0v) is 11.8. The van der Waals surface area contributed by atoms with Gasteiger partial charge in [-0.1, -0.05) is 0 Å². The number of hydrogen-bond acceptors (Lipinski definition) is 3. The van der Waals surface area contributed by atoms with Crippen LogP contribution in [-0.2, 0) is 4.57 Å². The van der Waals surface area contributed by atoms with Crippen molar-refractivity contribution in [3.63, 3.8) is 0 Å². The van der Waals surface area contributed by atoms with Gasteiger partial charge in [0.2, 0.25) is 0 Å². The molecule has 0 aliphatic carbocycles. The lowest BCUT2D eigenvalue weighted by molar-refractivity contribution is 0.0696. The molecule has 0 radical (unpaired) electrons. The van der Waals surface area contributed by atoms with Crippen molar-refractivity contribution in [2.75, 3.05) is 0 Å². The van der Waals surface area contributed by atoms with Gasteiger partial charge in [-0.05, 0) is 53.6 Å². The number of carboxylic acids is 1. The van der Waals surface area contributed by atoms with Gasteiger partial charge >= 0.3 is 11.2 Å². The second-order valence-electron chi connectivity index (χ2n) is 2.53. The minimum atomic E-state index is -3.22. The van der Waals surface area contributed by atoms with Gasteiger partial charge in [0, 0.05) is 9.75 Å². The summed E-state index contributed by atoms with van der Waals surface area (Å²) in [6, 6.07) is 1.70. The summed E-state index contributed by atoms with van der Waals surface area (Å²) >= 11 is 15.4. The normalized spacial score (nSPS) is 10.5. The number of carbonyl (C=O) groups is 1. The summed E-state index contributed by atoms with van der Waals surface area (Å²) in [4.78, 5) is 12.4. The second-order valence-corrected chi connectivity index (χ2v) is 10.6. The maximum absolute atomic E-state index is 10.4. The van der Waals surface area contributed by atoms with Crippen LogP contribution >= 0.6 is 50.3 Å². The van der Waals surface area contributed by atoms with Crippen molar-refractivity contribution in [3.05, 3.63) is 21.4 Å². The molecule has 0 aromatic carbocycles. The minimum absolute atomic E-state index is 0.433. The molecule has 0 saturated heterocycles. The Balaban J connectivity index is 0.000000336. The summed E-state index contributed by atoms with van der Waals surface area (Å²) in [6.07, 6.45) is 0. The molecule has 0 amide bonds. The summed E-state index contributed by atoms with van der Waals surface area (Å²) in [5.41, 5.74) is 0.433. The Kier molecular flexibility index (Phi) is 6.23. The Morgan fingerprint density at radius 1 is 1.40 bits per heavy atom. The highest BCUT2D eigenvalue weighted by molar-refractivity contribution is 8.24. The molecule has 0 aliphatic rings. The molecule has 0 saturated carbocycles. The molecule has 1 N–H and O–H groups in total. The monoisotopic (exact) mass is 308 g/mol. The molecular formula is C7H8Cl3O3PS. The van der Waals surface area contributed by atoms with Crippen molar-refractivity contribution in [3.8, 4) is 0 Å². The van der Waals surface area contributed by atoms with Gasteiger partial charge < -0.3 is 5.11 Å². The van der Waals surface area contributed by atoms with E-state index in [1.165, 1.54) is 11.3 Å². The standard InChI is InChI=1S/C7H8O2S.Cl3OP/c1-4-3-6(7(8)9)5(2)10-4;1-5(2,3)4/h3H,1-2H3,(H,8,9);. The van der Waals surface area contributed by atoms with E-state index in [1.54, 1.807) is 6.07 Å². The first kappa shape index (κ1) is 15.3. The molecule has 0 fully saturated rings. The first-order valence-corrected chi connectivity index (χ1v) is 8.84. The van der Waals surface area contributed by atoms with Crippen LogP contribution in [0.15, 0.2) is 6.07 Å². The number of halogens is 3. The van der Waals surface area contributed by atoms with Crippen molar-refractivity contribution < 1.29 is 14.5 Å². The van der Waals surface area contributed by atoms with Gasteiger partial charge in [-0.2, -0.15) is 0 Å². The van der Waals surface area contributed by atoms with E-state index in [0.29, 0.717) is 5.56 Å². The Morgan fingerprint density at radius 2 is 1.80 bits per heavy atom. The average molecular weight is 310 g/mol. The van der Waals surface area contributed by atoms with Crippen LogP contribution in [0.25, 0.3) is 0 Å². The molecule has 0 bridgehead atoms. The van der Waals surface area contributed by atoms with E-state index in [9.17, 15) is 9.36 Å². The number of aryl methyl sites for hydroxylation is 2. The van der Waals surface area contributed by atoms with E-state index in [2.05, 4.69) is 33.7 Å². The molecule has 8 heteroatoms. The van der Waals surface area contributed by atoms with Crippen LogP contribution in [-0.4, -0.2) is 11.1 Å². The Labute approximate surface area is 106 Å². The maximum Gasteiger partial charge on any atom is 0.339 e. The molecule has 1 aromatic rings. The molecular weight excluding hydrogens is 301 g/mol. The SMILES string of the molecule is Cc1cc(C(=O)O)c(C)s1.O=P(Cl)(Cl)Cl. The lowest BCUT2D eigenvalue weighted by atomic mass is 10.2. The Hall–Kier alpha value is 0.270. The predicted molar refractivity (Wildman–Crippen MR) is 65.9 cm³/mol. The predicted octanol–water partition coefficient (Wildman–Crippen LogP) is 4.87. The van der Waals surface area contributed by atoms with Crippen molar-refractivity contribution >= 4 is 56.2 Å². The summed E-state index contributed by atoms with van der Waals surface area (Å²) in [5, 5.41) is 5.36. The fraction of sp³-hybridized carbons (Fsp3) is 0.286. The molecule has 3 nitrogen and oxygen atoms in total. The highest BCUT2D eigenvalue weighted by Gasteiger charge is 2.08. The minimum Gasteiger partial charge on any atom is -0.478 e. The molecule has 15 heavy (non-hydrogen) atoms. The van der Waals surface area contributed by atoms with Gasteiger partial charge in [-0.25, -0.2) is 4.79 Å². The van der Waals surface area contributed by atoms with Crippen LogP contribution in [0.3, 0.4) is 0 Å². The first-order valence-electron chi connectivity index (χ1n) is 3.60. The highest BCUT2D eigenvalue weighted by atomic mass is 36.0. The summed E-state index contributed by atoms with van der Waals surface area (Å²) in [6.45, 7) is 3.73. The zero-order valence-electron chi connectivity index (χ0n) is 7.83. The first-order chi connectivity index (χ1) is 6.61. The van der Waals surface area contributed by atoms with E-state index in [-0.39, 0.29) is 0 Å². The van der Waals surface area contributed by atoms with Crippen molar-refractivity contribution in [1.82, 2.24) is 0 Å². The van der Waals surface area contributed by atoms with E-state index in [1.807, 2.05) is 13.8 Å². The zero-order chi connectivity index (χ0) is 12.2. The smallest absolute Gasteiger partial charge is 0.339 e. The number of thiophene rings is 1. The van der Waals surface area contributed by atoms with Gasteiger partial charge in [0.1, 0.15) is 0 Å². The third kappa shape index (κ3) is 8.12. The van der Waals surface area contributed by atoms with E-state index >= 15 is 0 Å². The summed E-state index contributed by atoms with van der Waals surface area (Å²) < 4.78 is 9.51. The maximum atomic E-state index is 10.4. The van der Waals surface area contributed by atoms with Gasteiger partial charge in [-0.3, -0.25) is 4.57 Å². The Bertz CT molecular complexity index is 390. The van der Waals surface area contributed by atoms with Crippen LogP contribution in [0.4, 0.5) is 0 Å². The van der Waals surface area contributed by atoms with Crippen LogP contribution < -0.4 is 0 Å². The number of hydrogen-bond donors (Lipinski definition) is 1. The molecule has 86 valence electrons. The highest BCUT2D eigenvalue weighted by Crippen LogP contribution is 2.61. The molecule has 1 rings (SSSR count). The molecule has 1 heterocycles. The Morgan fingerprint density at radius 3 is 1.93 bits per heavy atom. The molecule has 0 atom stereocenters. The van der Waals surface area contributed by atoms with Gasteiger partial charge in [0.25, 0.3) is 0 Å². The van der Waals surface area contributed by atoms with Crippen LogP contribution in [0.2, 0.25) is 0 Å². The lowest BCUT2D eigenvalue weighted by Gasteiger charge is -1.86. The van der Waals surface area contributed by atoms with Crippen molar-refractivity contribution in [2.24, 2.45) is 0 Å². The summed E-state index contributed by atoms with van der Waals surface area (Å²) in [5.74, 6) is -0.832. The van der Waals surface area contributed by atoms with Crippen LogP contribution in [0, 0.1) is 13.8 Å². The quantitative estimate of drug-likeness (QED) is 0.753. The molecule has 0 spiro atoms. The molecule has 1 aromatic heterocycles.